The summed E-state index contributed by atoms with van der Waals surface area (Å²) in [6, 6.07) is 9.15. The first-order valence-corrected chi connectivity index (χ1v) is 4.84. The van der Waals surface area contributed by atoms with Crippen molar-refractivity contribution in [2.45, 2.75) is 6.42 Å². The highest BCUT2D eigenvalue weighted by atomic mass is 15.3. The summed E-state index contributed by atoms with van der Waals surface area (Å²) >= 11 is 0. The summed E-state index contributed by atoms with van der Waals surface area (Å²) < 4.78 is 0. The van der Waals surface area contributed by atoms with Crippen molar-refractivity contribution >= 4 is 17.1 Å². The fraction of sp³-hybridized carbons (Fsp3) is 0.182. The maximum atomic E-state index is 8.51. The summed E-state index contributed by atoms with van der Waals surface area (Å²) in [4.78, 5) is 0. The number of fused-ring (bicyclic) bond motifs is 1. The molecule has 5 nitrogen and oxygen atoms in total. The lowest BCUT2D eigenvalue weighted by atomic mass is 10.1. The zero-order valence-corrected chi connectivity index (χ0v) is 8.49. The molecule has 0 aliphatic carbocycles. The van der Waals surface area contributed by atoms with Gasteiger partial charge in [0.1, 0.15) is 12.1 Å². The lowest BCUT2D eigenvalue weighted by Crippen LogP contribution is -1.96. The first kappa shape index (κ1) is 10.0. The molecular weight excluding hydrogens is 202 g/mol. The monoisotopic (exact) mass is 211 g/mol. The second-order valence-electron chi connectivity index (χ2n) is 3.34. The van der Waals surface area contributed by atoms with Gasteiger partial charge in [0.05, 0.1) is 5.69 Å². The zero-order chi connectivity index (χ0) is 11.4. The standard InChI is InChI=1S/C11H9N5/c12-6-10(7-13)16-15-9-1-2-11-8(5-9)3-4-14-11/h1-2,5,14-15H,3-4H2. The number of nitriles is 2. The fourth-order valence-electron chi connectivity index (χ4n) is 1.57. The van der Waals surface area contributed by atoms with Crippen LogP contribution >= 0.6 is 0 Å². The predicted molar refractivity (Wildman–Crippen MR) is 60.9 cm³/mol. The van der Waals surface area contributed by atoms with E-state index in [1.807, 2.05) is 18.2 Å². The Hall–Kier alpha value is -2.53. The van der Waals surface area contributed by atoms with E-state index in [-0.39, 0.29) is 5.71 Å². The topological polar surface area (TPSA) is 84.0 Å². The van der Waals surface area contributed by atoms with Crippen molar-refractivity contribution in [3.8, 4) is 12.1 Å². The Morgan fingerprint density at radius 1 is 1.38 bits per heavy atom. The number of nitrogens with zero attached hydrogens (tertiary/aromatic N) is 3. The molecule has 0 radical (unpaired) electrons. The molecule has 1 aromatic carbocycles. The highest BCUT2D eigenvalue weighted by molar-refractivity contribution is 6.10. The summed E-state index contributed by atoms with van der Waals surface area (Å²) in [5.74, 6) is 0. The Balaban J connectivity index is 2.16. The van der Waals surface area contributed by atoms with Gasteiger partial charge in [-0.05, 0) is 30.2 Å². The van der Waals surface area contributed by atoms with Crippen molar-refractivity contribution in [3.63, 3.8) is 0 Å². The van der Waals surface area contributed by atoms with Gasteiger partial charge in [0.2, 0.25) is 5.71 Å². The number of anilines is 2. The van der Waals surface area contributed by atoms with Gasteiger partial charge in [-0.15, -0.1) is 0 Å². The van der Waals surface area contributed by atoms with E-state index in [9.17, 15) is 0 Å². The third-order valence-corrected chi connectivity index (χ3v) is 2.32. The highest BCUT2D eigenvalue weighted by Gasteiger charge is 2.09. The maximum Gasteiger partial charge on any atom is 0.237 e. The van der Waals surface area contributed by atoms with Crippen LogP contribution in [0.25, 0.3) is 0 Å². The highest BCUT2D eigenvalue weighted by Crippen LogP contribution is 2.25. The van der Waals surface area contributed by atoms with Crippen LogP contribution in [0.3, 0.4) is 0 Å². The van der Waals surface area contributed by atoms with Crippen LogP contribution in [0.15, 0.2) is 23.3 Å². The second-order valence-corrected chi connectivity index (χ2v) is 3.34. The average Bonchev–Trinajstić information content (AvgIpc) is 2.77. The molecule has 1 aromatic rings. The Morgan fingerprint density at radius 2 is 2.19 bits per heavy atom. The third-order valence-electron chi connectivity index (χ3n) is 2.32. The fourth-order valence-corrected chi connectivity index (χ4v) is 1.57. The second kappa shape index (κ2) is 4.33. The number of benzene rings is 1. The molecule has 0 amide bonds. The van der Waals surface area contributed by atoms with Gasteiger partial charge >= 0.3 is 0 Å². The predicted octanol–water partition coefficient (Wildman–Crippen LogP) is 1.47. The van der Waals surface area contributed by atoms with Gasteiger partial charge in [0.15, 0.2) is 0 Å². The number of hydrogen-bond donors (Lipinski definition) is 2. The Bertz CT molecular complexity index is 502. The van der Waals surface area contributed by atoms with Crippen molar-refractivity contribution in [2.75, 3.05) is 17.3 Å². The summed E-state index contributed by atoms with van der Waals surface area (Å²) in [6.45, 7) is 0.948. The molecule has 0 fully saturated rings. The third kappa shape index (κ3) is 1.94. The molecule has 1 aliphatic heterocycles. The van der Waals surface area contributed by atoms with E-state index in [1.165, 1.54) is 5.56 Å². The number of rotatable bonds is 2. The van der Waals surface area contributed by atoms with E-state index in [1.54, 1.807) is 12.1 Å². The largest absolute Gasteiger partial charge is 0.384 e. The Labute approximate surface area is 93.0 Å². The summed E-state index contributed by atoms with van der Waals surface area (Å²) in [5, 5.41) is 23.9. The van der Waals surface area contributed by atoms with Crippen molar-refractivity contribution < 1.29 is 0 Å². The molecule has 1 aliphatic rings. The maximum absolute atomic E-state index is 8.51. The van der Waals surface area contributed by atoms with E-state index >= 15 is 0 Å². The molecule has 2 rings (SSSR count). The van der Waals surface area contributed by atoms with E-state index < -0.39 is 0 Å². The van der Waals surface area contributed by atoms with Crippen molar-refractivity contribution in [3.05, 3.63) is 23.8 Å². The van der Waals surface area contributed by atoms with Gasteiger partial charge in [-0.25, -0.2) is 0 Å². The van der Waals surface area contributed by atoms with Gasteiger partial charge in [-0.2, -0.15) is 15.6 Å². The number of hydrogen-bond acceptors (Lipinski definition) is 5. The lowest BCUT2D eigenvalue weighted by molar-refractivity contribution is 1.11. The van der Waals surface area contributed by atoms with E-state index in [0.29, 0.717) is 0 Å². The molecule has 0 atom stereocenters. The van der Waals surface area contributed by atoms with Gasteiger partial charge < -0.3 is 5.32 Å². The first-order valence-electron chi connectivity index (χ1n) is 4.84. The SMILES string of the molecule is N#CC(C#N)=NNc1ccc2c(c1)CCN2. The Kier molecular flexibility index (Phi) is 2.71. The minimum Gasteiger partial charge on any atom is -0.384 e. The molecule has 16 heavy (non-hydrogen) atoms. The van der Waals surface area contributed by atoms with E-state index in [2.05, 4.69) is 15.8 Å². The molecule has 78 valence electrons. The minimum atomic E-state index is -0.182. The molecule has 0 bridgehead atoms. The smallest absolute Gasteiger partial charge is 0.237 e. The zero-order valence-electron chi connectivity index (χ0n) is 8.49. The molecular formula is C11H9N5. The quantitative estimate of drug-likeness (QED) is 0.573. The molecule has 0 saturated heterocycles. The number of nitrogens with one attached hydrogen (secondary N) is 2. The van der Waals surface area contributed by atoms with Gasteiger partial charge in [0.25, 0.3) is 0 Å². The minimum absolute atomic E-state index is 0.182. The van der Waals surface area contributed by atoms with E-state index in [4.69, 9.17) is 10.5 Å². The van der Waals surface area contributed by atoms with Crippen molar-refractivity contribution in [1.82, 2.24) is 0 Å². The molecule has 1 heterocycles. The lowest BCUT2D eigenvalue weighted by Gasteiger charge is -2.03. The molecule has 0 aromatic heterocycles. The van der Waals surface area contributed by atoms with Crippen LogP contribution in [-0.2, 0) is 6.42 Å². The summed E-state index contributed by atoms with van der Waals surface area (Å²) in [7, 11) is 0. The summed E-state index contributed by atoms with van der Waals surface area (Å²) in [5.41, 5.74) is 5.65. The molecule has 0 saturated carbocycles. The van der Waals surface area contributed by atoms with Crippen LogP contribution in [0.1, 0.15) is 5.56 Å². The van der Waals surface area contributed by atoms with E-state index in [0.717, 1.165) is 24.3 Å². The van der Waals surface area contributed by atoms with Crippen LogP contribution in [0.4, 0.5) is 11.4 Å². The number of hydrazone groups is 1. The molecule has 2 N–H and O–H groups in total. The Morgan fingerprint density at radius 3 is 2.94 bits per heavy atom. The van der Waals surface area contributed by atoms with Crippen LogP contribution in [0.2, 0.25) is 0 Å². The summed E-state index contributed by atoms with van der Waals surface area (Å²) in [6.07, 6.45) is 0.984. The van der Waals surface area contributed by atoms with Crippen molar-refractivity contribution in [1.29, 1.82) is 10.5 Å². The van der Waals surface area contributed by atoms with Crippen LogP contribution in [-0.4, -0.2) is 12.3 Å². The average molecular weight is 211 g/mol. The molecule has 0 unspecified atom stereocenters. The van der Waals surface area contributed by atoms with Crippen LogP contribution in [0, 0.1) is 22.7 Å². The van der Waals surface area contributed by atoms with Gasteiger partial charge in [-0.3, -0.25) is 5.43 Å². The van der Waals surface area contributed by atoms with Crippen molar-refractivity contribution in [2.24, 2.45) is 5.10 Å². The van der Waals surface area contributed by atoms with Crippen LogP contribution < -0.4 is 10.7 Å². The molecule has 0 spiro atoms. The van der Waals surface area contributed by atoms with Crippen LogP contribution in [0.5, 0.6) is 0 Å². The molecule has 5 heteroatoms. The first-order chi connectivity index (χ1) is 7.83. The normalized spacial score (nSPS) is 11.6. The van der Waals surface area contributed by atoms with Gasteiger partial charge in [-0.1, -0.05) is 0 Å². The van der Waals surface area contributed by atoms with Gasteiger partial charge in [0, 0.05) is 12.2 Å².